The van der Waals surface area contributed by atoms with Gasteiger partial charge in [-0.25, -0.2) is 0 Å². The van der Waals surface area contributed by atoms with Gasteiger partial charge >= 0.3 is 5.97 Å². The van der Waals surface area contributed by atoms with Gasteiger partial charge in [0.15, 0.2) is 0 Å². The third-order valence-electron chi connectivity index (χ3n) is 3.94. The normalized spacial score (nSPS) is 11.2. The van der Waals surface area contributed by atoms with Gasteiger partial charge in [0.1, 0.15) is 0 Å². The van der Waals surface area contributed by atoms with Crippen molar-refractivity contribution in [2.75, 3.05) is 26.3 Å². The Morgan fingerprint density at radius 2 is 1.62 bits per heavy atom. The molecule has 0 unspecified atom stereocenters. The Bertz CT molecular complexity index is 293. The highest BCUT2D eigenvalue weighted by molar-refractivity contribution is 5.69. The minimum atomic E-state index is -0.0495. The van der Waals surface area contributed by atoms with E-state index in [-0.39, 0.29) is 12.6 Å². The lowest BCUT2D eigenvalue weighted by Gasteiger charge is -2.04. The molecule has 0 aromatic heterocycles. The van der Waals surface area contributed by atoms with Crippen molar-refractivity contribution in [2.45, 2.75) is 84.0 Å². The zero-order valence-electron chi connectivity index (χ0n) is 15.7. The van der Waals surface area contributed by atoms with Crippen LogP contribution in [0, 0.1) is 0 Å². The van der Waals surface area contributed by atoms with Crippen molar-refractivity contribution in [3.05, 3.63) is 12.2 Å². The Balaban J connectivity index is 3.21. The number of esters is 1. The zero-order valence-corrected chi connectivity index (χ0v) is 15.7. The van der Waals surface area contributed by atoms with E-state index in [4.69, 9.17) is 9.84 Å². The average Bonchev–Trinajstić information content (AvgIpc) is 2.59. The first-order valence-corrected chi connectivity index (χ1v) is 9.93. The standard InChI is InChI=1S/C20H39NO3/c1-2-3-4-5-6-7-11-14-19-24-20(23)15-12-9-8-10-13-16-21-17-18-22/h6-7,21-22H,2-5,8-19H2,1H3. The Labute approximate surface area is 149 Å². The van der Waals surface area contributed by atoms with Gasteiger partial charge in [0.05, 0.1) is 13.2 Å². The van der Waals surface area contributed by atoms with Gasteiger partial charge in [0.2, 0.25) is 0 Å². The number of aliphatic hydroxyl groups is 1. The van der Waals surface area contributed by atoms with Gasteiger partial charge in [0.25, 0.3) is 0 Å². The molecule has 2 N–H and O–H groups in total. The first kappa shape index (κ1) is 23.1. The van der Waals surface area contributed by atoms with Gasteiger partial charge in [-0.2, -0.15) is 0 Å². The van der Waals surface area contributed by atoms with E-state index in [1.54, 1.807) is 0 Å². The number of carbonyl (C=O) groups is 1. The van der Waals surface area contributed by atoms with Crippen LogP contribution in [0.5, 0.6) is 0 Å². The summed E-state index contributed by atoms with van der Waals surface area (Å²) in [5.74, 6) is -0.0495. The van der Waals surface area contributed by atoms with Crippen LogP contribution in [0.3, 0.4) is 0 Å². The SMILES string of the molecule is CCCCCC=CCCCOC(=O)CCCCCCCNCCO. The minimum absolute atomic E-state index is 0.0495. The lowest BCUT2D eigenvalue weighted by Crippen LogP contribution is -2.19. The van der Waals surface area contributed by atoms with Crippen LogP contribution < -0.4 is 5.32 Å². The van der Waals surface area contributed by atoms with Crippen LogP contribution in [0.15, 0.2) is 12.2 Å². The molecule has 24 heavy (non-hydrogen) atoms. The average molecular weight is 342 g/mol. The predicted molar refractivity (Wildman–Crippen MR) is 101 cm³/mol. The number of unbranched alkanes of at least 4 members (excludes halogenated alkanes) is 8. The number of carbonyl (C=O) groups excluding carboxylic acids is 1. The molecule has 4 nitrogen and oxygen atoms in total. The van der Waals surface area contributed by atoms with Crippen molar-refractivity contribution >= 4 is 5.97 Å². The number of ether oxygens (including phenoxy) is 1. The van der Waals surface area contributed by atoms with Crippen LogP contribution in [-0.2, 0) is 9.53 Å². The number of hydrogen-bond acceptors (Lipinski definition) is 4. The van der Waals surface area contributed by atoms with Gasteiger partial charge in [0, 0.05) is 13.0 Å². The van der Waals surface area contributed by atoms with E-state index < -0.39 is 0 Å². The van der Waals surface area contributed by atoms with Gasteiger partial charge in [-0.15, -0.1) is 0 Å². The van der Waals surface area contributed by atoms with Crippen molar-refractivity contribution in [3.8, 4) is 0 Å². The smallest absolute Gasteiger partial charge is 0.305 e. The molecule has 0 aromatic carbocycles. The molecule has 0 aliphatic heterocycles. The summed E-state index contributed by atoms with van der Waals surface area (Å²) in [4.78, 5) is 11.6. The van der Waals surface area contributed by atoms with E-state index in [1.807, 2.05) is 0 Å². The molecule has 142 valence electrons. The number of allylic oxidation sites excluding steroid dienone is 2. The lowest BCUT2D eigenvalue weighted by atomic mass is 10.1. The van der Waals surface area contributed by atoms with Crippen LogP contribution in [-0.4, -0.2) is 37.4 Å². The third kappa shape index (κ3) is 19.2. The molecule has 0 amide bonds. The molecule has 0 aromatic rings. The quantitative estimate of drug-likeness (QED) is 0.221. The van der Waals surface area contributed by atoms with E-state index in [0.717, 1.165) is 45.1 Å². The van der Waals surface area contributed by atoms with Crippen molar-refractivity contribution in [3.63, 3.8) is 0 Å². The van der Waals surface area contributed by atoms with Crippen molar-refractivity contribution in [1.29, 1.82) is 0 Å². The molecule has 4 heteroatoms. The van der Waals surface area contributed by atoms with Gasteiger partial charge < -0.3 is 15.2 Å². The van der Waals surface area contributed by atoms with E-state index in [1.165, 1.54) is 32.1 Å². The highest BCUT2D eigenvalue weighted by Gasteiger charge is 2.01. The molecule has 0 atom stereocenters. The molecule has 0 rings (SSSR count). The molecule has 0 heterocycles. The van der Waals surface area contributed by atoms with Crippen LogP contribution in [0.25, 0.3) is 0 Å². The summed E-state index contributed by atoms with van der Waals surface area (Å²) in [5.41, 5.74) is 0. The molecule has 0 saturated heterocycles. The highest BCUT2D eigenvalue weighted by Crippen LogP contribution is 2.06. The van der Waals surface area contributed by atoms with Crippen LogP contribution >= 0.6 is 0 Å². The summed E-state index contributed by atoms with van der Waals surface area (Å²) in [6.07, 6.45) is 17.5. The van der Waals surface area contributed by atoms with Gasteiger partial charge in [-0.05, 0) is 45.1 Å². The second kappa shape index (κ2) is 20.2. The van der Waals surface area contributed by atoms with E-state index in [9.17, 15) is 4.79 Å². The second-order valence-corrected chi connectivity index (χ2v) is 6.32. The summed E-state index contributed by atoms with van der Waals surface area (Å²) in [6.45, 7) is 4.62. The molecule has 0 radical (unpaired) electrons. The second-order valence-electron chi connectivity index (χ2n) is 6.32. The number of hydrogen-bond donors (Lipinski definition) is 2. The van der Waals surface area contributed by atoms with Crippen LogP contribution in [0.2, 0.25) is 0 Å². The lowest BCUT2D eigenvalue weighted by molar-refractivity contribution is -0.143. The highest BCUT2D eigenvalue weighted by atomic mass is 16.5. The largest absolute Gasteiger partial charge is 0.466 e. The predicted octanol–water partition coefficient (Wildman–Crippen LogP) is 4.37. The van der Waals surface area contributed by atoms with Gasteiger partial charge in [-0.1, -0.05) is 51.2 Å². The Kier molecular flexibility index (Phi) is 19.4. The maximum atomic E-state index is 11.6. The Morgan fingerprint density at radius 3 is 2.38 bits per heavy atom. The molecule has 0 bridgehead atoms. The molecule has 0 aliphatic carbocycles. The van der Waals surface area contributed by atoms with Crippen molar-refractivity contribution in [2.24, 2.45) is 0 Å². The number of nitrogens with one attached hydrogen (secondary N) is 1. The first-order valence-electron chi connectivity index (χ1n) is 9.93. The van der Waals surface area contributed by atoms with E-state index in [0.29, 0.717) is 19.6 Å². The zero-order chi connectivity index (χ0) is 17.7. The maximum absolute atomic E-state index is 11.6. The Hall–Kier alpha value is -0.870. The topological polar surface area (TPSA) is 58.6 Å². The van der Waals surface area contributed by atoms with E-state index in [2.05, 4.69) is 24.4 Å². The molecule has 0 saturated carbocycles. The number of aliphatic hydroxyl groups excluding tert-OH is 1. The Morgan fingerprint density at radius 1 is 0.917 bits per heavy atom. The molecular formula is C20H39NO3. The maximum Gasteiger partial charge on any atom is 0.305 e. The molecule has 0 aliphatic rings. The minimum Gasteiger partial charge on any atom is -0.466 e. The molecular weight excluding hydrogens is 302 g/mol. The monoisotopic (exact) mass is 341 g/mol. The molecule has 0 spiro atoms. The first-order chi connectivity index (χ1) is 11.8. The third-order valence-corrected chi connectivity index (χ3v) is 3.94. The fraction of sp³-hybridized carbons (Fsp3) is 0.850. The fourth-order valence-electron chi connectivity index (χ4n) is 2.46. The van der Waals surface area contributed by atoms with Gasteiger partial charge in [-0.3, -0.25) is 4.79 Å². The summed E-state index contributed by atoms with van der Waals surface area (Å²) < 4.78 is 5.25. The van der Waals surface area contributed by atoms with Crippen LogP contribution in [0.4, 0.5) is 0 Å². The summed E-state index contributed by atoms with van der Waals surface area (Å²) in [7, 11) is 0. The van der Waals surface area contributed by atoms with E-state index >= 15 is 0 Å². The van der Waals surface area contributed by atoms with Crippen molar-refractivity contribution < 1.29 is 14.6 Å². The summed E-state index contributed by atoms with van der Waals surface area (Å²) in [6, 6.07) is 0. The van der Waals surface area contributed by atoms with Crippen LogP contribution in [0.1, 0.15) is 84.0 Å². The van der Waals surface area contributed by atoms with Crippen molar-refractivity contribution in [1.82, 2.24) is 5.32 Å². The molecule has 0 fully saturated rings. The number of rotatable bonds is 18. The summed E-state index contributed by atoms with van der Waals surface area (Å²) >= 11 is 0. The summed E-state index contributed by atoms with van der Waals surface area (Å²) in [5, 5.41) is 11.8. The fourth-order valence-corrected chi connectivity index (χ4v) is 2.46.